The van der Waals surface area contributed by atoms with Crippen LogP contribution in [-0.4, -0.2) is 25.4 Å². The molecule has 1 aromatic heterocycles. The molecule has 2 aliphatic heterocycles. The molecule has 0 amide bonds. The van der Waals surface area contributed by atoms with Gasteiger partial charge >= 0.3 is 0 Å². The molecular formula is C76H65BN4. The van der Waals surface area contributed by atoms with Crippen LogP contribution in [0.1, 0.15) is 88.3 Å². The molecule has 0 atom stereocenters. The summed E-state index contributed by atoms with van der Waals surface area (Å²) in [6.45, 7) is 10.7. The smallest absolute Gasteiger partial charge is 0.252 e. The van der Waals surface area contributed by atoms with Crippen LogP contribution < -0.4 is 31.1 Å². The molecule has 3 heterocycles. The summed E-state index contributed by atoms with van der Waals surface area (Å²) < 4.78 is 247. The molecule has 0 N–H and O–H groups in total. The molecule has 0 fully saturated rings. The van der Waals surface area contributed by atoms with Gasteiger partial charge in [-0.2, -0.15) is 0 Å². The Balaban J connectivity index is 1.17. The van der Waals surface area contributed by atoms with Crippen molar-refractivity contribution < 1.29 is 35.6 Å². The second kappa shape index (κ2) is 19.2. The van der Waals surface area contributed by atoms with Gasteiger partial charge in [0.2, 0.25) is 0 Å². The lowest BCUT2D eigenvalue weighted by Gasteiger charge is -2.45. The first-order valence-corrected chi connectivity index (χ1v) is 26.5. The molecule has 5 heteroatoms. The van der Waals surface area contributed by atoms with Gasteiger partial charge in [-0.3, -0.25) is 0 Å². The van der Waals surface area contributed by atoms with E-state index in [0.29, 0.717) is 50.3 Å². The predicted octanol–water partition coefficient (Wildman–Crippen LogP) is 18.2. The number of aromatic nitrogens is 1. The Hall–Kier alpha value is -9.32. The topological polar surface area (TPSA) is 14.7 Å². The van der Waals surface area contributed by atoms with Gasteiger partial charge in [0.25, 0.3) is 6.71 Å². The molecule has 0 aliphatic carbocycles. The number of hydrogen-bond acceptors (Lipinski definition) is 3. The van der Waals surface area contributed by atoms with Crippen LogP contribution >= 0.6 is 0 Å². The molecule has 392 valence electrons. The van der Waals surface area contributed by atoms with E-state index in [4.69, 9.17) is 15.1 Å². The molecule has 0 spiro atoms. The summed E-state index contributed by atoms with van der Waals surface area (Å²) in [6.07, 6.45) is 0. The fraction of sp³-hybridized carbons (Fsp3) is 0.132. The van der Waals surface area contributed by atoms with Crippen molar-refractivity contribution in [3.05, 3.63) is 259 Å². The maximum Gasteiger partial charge on any atom is 0.252 e. The molecular weight excluding hydrogens is 980 g/mol. The Morgan fingerprint density at radius 1 is 0.432 bits per heavy atom. The van der Waals surface area contributed by atoms with E-state index >= 15 is 0 Å². The first-order chi connectivity index (χ1) is 50.1. The van der Waals surface area contributed by atoms with E-state index in [1.54, 1.807) is 11.9 Å². The van der Waals surface area contributed by atoms with E-state index < -0.39 is 224 Å². The van der Waals surface area contributed by atoms with E-state index in [-0.39, 0.29) is 33.7 Å². The zero-order valence-electron chi connectivity index (χ0n) is 71.5. The summed E-state index contributed by atoms with van der Waals surface area (Å²) in [5.41, 5.74) is -0.444. The van der Waals surface area contributed by atoms with E-state index in [0.717, 1.165) is 16.2 Å². The second-order valence-electron chi connectivity index (χ2n) is 22.3. The SMILES string of the molecule is [2H]c1cc(N(C)c2c([2H])c([2H])c3c(c2[2H])N(C)c2cc(C(C)(C)C)cc4c2B3c2c([2H])c([2H])c(-n3c5c([2H])c([2H])c([2H])c([2H])c5c5c([2H])c(-c6c([2H])c([2H])c([2H])c([2H])c6[2H])c([2H])c([2H])c53)c([2H])c2N4c2c(-c3ccccc3)cc(C(C)(C)C)cc2-c2ccccc2)c([2H])c([2H])c1-c1c([2H])c([2H])c([2H])c([2H])c1[2H]. The zero-order valence-corrected chi connectivity index (χ0v) is 45.5. The number of benzene rings is 11. The summed E-state index contributed by atoms with van der Waals surface area (Å²) >= 11 is 0. The van der Waals surface area contributed by atoms with Crippen LogP contribution in [0, 0.1) is 0 Å². The lowest BCUT2D eigenvalue weighted by atomic mass is 9.33. The van der Waals surface area contributed by atoms with Crippen LogP contribution in [0.2, 0.25) is 0 Å². The van der Waals surface area contributed by atoms with Gasteiger partial charge in [0.15, 0.2) is 0 Å². The average Bonchev–Trinajstić information content (AvgIpc) is 1.66. The molecule has 81 heavy (non-hydrogen) atoms. The van der Waals surface area contributed by atoms with Gasteiger partial charge in [-0.15, -0.1) is 0 Å². The van der Waals surface area contributed by atoms with Crippen molar-refractivity contribution in [1.82, 2.24) is 4.57 Å². The number of nitrogens with zero attached hydrogens (tertiary/aromatic N) is 4. The van der Waals surface area contributed by atoms with E-state index in [1.165, 1.54) is 11.9 Å². The maximum absolute atomic E-state index is 11.4. The van der Waals surface area contributed by atoms with Crippen molar-refractivity contribution in [2.45, 2.75) is 52.4 Å². The number of fused-ring (bicyclic) bond motifs is 7. The quantitative estimate of drug-likeness (QED) is 0.141. The van der Waals surface area contributed by atoms with Crippen molar-refractivity contribution in [3.63, 3.8) is 0 Å². The number of anilines is 7. The van der Waals surface area contributed by atoms with Crippen LogP contribution in [0.15, 0.2) is 248 Å². The maximum atomic E-state index is 11.4. The minimum atomic E-state index is -1.47. The Morgan fingerprint density at radius 2 is 0.975 bits per heavy atom. The first-order valence-electron chi connectivity index (χ1n) is 39.5. The number of rotatable bonds is 8. The highest BCUT2D eigenvalue weighted by molar-refractivity contribution is 7.00. The van der Waals surface area contributed by atoms with Crippen molar-refractivity contribution in [1.29, 1.82) is 0 Å². The summed E-state index contributed by atoms with van der Waals surface area (Å²) in [5, 5.41) is -0.946. The Labute approximate surface area is 514 Å². The van der Waals surface area contributed by atoms with Gasteiger partial charge < -0.3 is 19.3 Å². The molecule has 0 bridgehead atoms. The Kier molecular flexibility index (Phi) is 6.93. The van der Waals surface area contributed by atoms with Crippen molar-refractivity contribution in [3.8, 4) is 50.2 Å². The summed E-state index contributed by atoms with van der Waals surface area (Å²) in [5.74, 6) is 0. The molecule has 0 saturated carbocycles. The highest BCUT2D eigenvalue weighted by Gasteiger charge is 2.44. The lowest BCUT2D eigenvalue weighted by Crippen LogP contribution is -2.61. The number of para-hydroxylation sites is 1. The first kappa shape index (κ1) is 29.2. The third kappa shape index (κ3) is 8.45. The molecule has 0 radical (unpaired) electrons. The second-order valence-corrected chi connectivity index (χ2v) is 22.3. The highest BCUT2D eigenvalue weighted by Crippen LogP contribution is 2.52. The van der Waals surface area contributed by atoms with Gasteiger partial charge in [-0.25, -0.2) is 0 Å². The van der Waals surface area contributed by atoms with Crippen LogP contribution in [0.5, 0.6) is 0 Å². The third-order valence-electron chi connectivity index (χ3n) is 15.3. The van der Waals surface area contributed by atoms with Crippen LogP contribution in [0.3, 0.4) is 0 Å². The molecule has 0 saturated heterocycles. The minimum Gasteiger partial charge on any atom is -0.345 e. The summed E-state index contributed by atoms with van der Waals surface area (Å²) in [4.78, 5) is 4.71. The van der Waals surface area contributed by atoms with Crippen LogP contribution in [0.25, 0.3) is 72.0 Å². The monoisotopic (exact) mass is 1070 g/mol. The predicted molar refractivity (Wildman–Crippen MR) is 348 cm³/mol. The fourth-order valence-electron chi connectivity index (χ4n) is 11.0. The van der Waals surface area contributed by atoms with E-state index in [1.807, 2.05) is 111 Å². The van der Waals surface area contributed by atoms with Crippen molar-refractivity contribution >= 4 is 84.7 Å². The van der Waals surface area contributed by atoms with Gasteiger partial charge in [0.05, 0.1) is 52.4 Å². The third-order valence-corrected chi connectivity index (χ3v) is 15.3. The van der Waals surface area contributed by atoms with Crippen LogP contribution in [0.4, 0.5) is 39.8 Å². The largest absolute Gasteiger partial charge is 0.345 e. The van der Waals surface area contributed by atoms with Gasteiger partial charge in [-0.05, 0) is 150 Å². The van der Waals surface area contributed by atoms with Gasteiger partial charge in [-0.1, -0.05) is 211 Å². The van der Waals surface area contributed by atoms with Crippen molar-refractivity contribution in [2.75, 3.05) is 28.8 Å². The van der Waals surface area contributed by atoms with Crippen LogP contribution in [-0.2, 0) is 10.8 Å². The summed E-state index contributed by atoms with van der Waals surface area (Å²) in [7, 11) is 3.04. The van der Waals surface area contributed by atoms with Crippen molar-refractivity contribution in [2.24, 2.45) is 0 Å². The molecule has 12 aromatic rings. The standard InChI is InChI=1S/C76H65BN4/c1-75(2,3)56-44-62(53-27-17-11-18-28-53)74(63(45-56)54-29-19-12-20-30-54)81-70-49-60(80-67-32-22-21-31-61(67)64-43-55(35-42-68(64)80)51-25-15-10-16-26-51)39-41-66(70)77-65-40-38-59(78(7)58-36-33-52(34-37-58)50-23-13-9-14-24-50)48-69(65)79(8)71-46-57(76(4,5)6)47-72(81)73(71)77/h9-49H,1-8H3/i9D,10D,13D,14D,15D,16D,21D,22D,23D,24D,25D,26D,31D,32D,33D,34D,35D,36D,38D,39D,40D,41D,42D,43D,48D,49D. The summed E-state index contributed by atoms with van der Waals surface area (Å²) in [6, 6.07) is 8.81. The average molecular weight is 1070 g/mol. The zero-order chi connectivity index (χ0) is 77.9. The van der Waals surface area contributed by atoms with E-state index in [9.17, 15) is 20.6 Å². The molecule has 14 rings (SSSR count). The number of hydrogen-bond donors (Lipinski definition) is 0. The highest BCUT2D eigenvalue weighted by atomic mass is 15.2. The van der Waals surface area contributed by atoms with E-state index in [2.05, 4.69) is 20.8 Å². The fourth-order valence-corrected chi connectivity index (χ4v) is 11.0. The minimum absolute atomic E-state index is 0.0228. The lowest BCUT2D eigenvalue weighted by molar-refractivity contribution is 0.590. The van der Waals surface area contributed by atoms with Gasteiger partial charge in [0, 0.05) is 75.8 Å². The molecule has 2 aliphatic rings. The molecule has 11 aromatic carbocycles. The Bertz CT molecular complexity index is 5870. The van der Waals surface area contributed by atoms with Gasteiger partial charge in [0.1, 0.15) is 0 Å². The normalized spacial score (nSPS) is 17.4. The Morgan fingerprint density at radius 3 is 1.64 bits per heavy atom. The molecule has 4 nitrogen and oxygen atoms in total. The molecule has 0 unspecified atom stereocenters.